The highest BCUT2D eigenvalue weighted by Crippen LogP contribution is 2.27. The summed E-state index contributed by atoms with van der Waals surface area (Å²) >= 11 is 5.96. The van der Waals surface area contributed by atoms with Gasteiger partial charge in [0.25, 0.3) is 5.69 Å². The largest absolute Gasteiger partial charge is 0.385 e. The molecule has 0 radical (unpaired) electrons. The van der Waals surface area contributed by atoms with Crippen molar-refractivity contribution in [3.05, 3.63) is 33.3 Å². The zero-order valence-electron chi connectivity index (χ0n) is 9.77. The van der Waals surface area contributed by atoms with E-state index in [9.17, 15) is 10.1 Å². The molecule has 0 spiro atoms. The van der Waals surface area contributed by atoms with Gasteiger partial charge in [-0.25, -0.2) is 0 Å². The summed E-state index contributed by atoms with van der Waals surface area (Å²) in [6.07, 6.45) is 0.801. The van der Waals surface area contributed by atoms with E-state index >= 15 is 0 Å². The Morgan fingerprint density at radius 2 is 2.29 bits per heavy atom. The quantitative estimate of drug-likeness (QED) is 0.629. The molecule has 0 bridgehead atoms. The van der Waals surface area contributed by atoms with Crippen molar-refractivity contribution in [3.8, 4) is 0 Å². The highest BCUT2D eigenvalue weighted by molar-refractivity contribution is 6.33. The Bertz CT molecular complexity index is 398. The maximum atomic E-state index is 10.6. The van der Waals surface area contributed by atoms with Crippen molar-refractivity contribution in [2.24, 2.45) is 0 Å². The molecule has 1 rings (SSSR count). The van der Waals surface area contributed by atoms with Gasteiger partial charge in [0.05, 0.1) is 15.6 Å². The highest BCUT2D eigenvalue weighted by atomic mass is 35.5. The smallest absolute Gasteiger partial charge is 0.271 e. The molecule has 0 fully saturated rings. The summed E-state index contributed by atoms with van der Waals surface area (Å²) in [5, 5.41) is 14.2. The molecule has 1 N–H and O–H groups in total. The lowest BCUT2D eigenvalue weighted by Crippen LogP contribution is -2.17. The van der Waals surface area contributed by atoms with Gasteiger partial charge in [-0.15, -0.1) is 0 Å². The lowest BCUT2D eigenvalue weighted by molar-refractivity contribution is -0.384. The molecule has 0 aliphatic rings. The van der Waals surface area contributed by atoms with E-state index in [2.05, 4.69) is 5.32 Å². The molecule has 0 saturated carbocycles. The fraction of sp³-hybridized carbons (Fsp3) is 0.455. The van der Waals surface area contributed by atoms with Crippen molar-refractivity contribution in [2.45, 2.75) is 19.4 Å². The lowest BCUT2D eigenvalue weighted by atomic mass is 10.2. The summed E-state index contributed by atoms with van der Waals surface area (Å²) in [6, 6.07) is 4.47. The van der Waals surface area contributed by atoms with E-state index in [0.29, 0.717) is 17.3 Å². The third-order valence-electron chi connectivity index (χ3n) is 2.32. The number of nitrogens with zero attached hydrogens (tertiary/aromatic N) is 1. The first-order valence-corrected chi connectivity index (χ1v) is 5.61. The summed E-state index contributed by atoms with van der Waals surface area (Å²) in [6.45, 7) is 2.59. The minimum atomic E-state index is -0.443. The van der Waals surface area contributed by atoms with Gasteiger partial charge in [0, 0.05) is 31.9 Å². The number of methoxy groups -OCH3 is 1. The van der Waals surface area contributed by atoms with Crippen LogP contribution in [0, 0.1) is 10.1 Å². The summed E-state index contributed by atoms with van der Waals surface area (Å²) in [5.74, 6) is 0. The monoisotopic (exact) mass is 258 g/mol. The molecule has 1 aromatic rings. The molecule has 17 heavy (non-hydrogen) atoms. The molecule has 5 nitrogen and oxygen atoms in total. The topological polar surface area (TPSA) is 64.4 Å². The maximum absolute atomic E-state index is 10.6. The van der Waals surface area contributed by atoms with E-state index in [0.717, 1.165) is 6.42 Å². The van der Waals surface area contributed by atoms with Crippen molar-refractivity contribution in [1.82, 2.24) is 0 Å². The summed E-state index contributed by atoms with van der Waals surface area (Å²) < 4.78 is 4.96. The van der Waals surface area contributed by atoms with E-state index < -0.39 is 4.92 Å². The Kier molecular flexibility index (Phi) is 5.18. The van der Waals surface area contributed by atoms with Crippen LogP contribution >= 0.6 is 11.6 Å². The minimum absolute atomic E-state index is 0.0239. The molecule has 0 heterocycles. The predicted molar refractivity (Wildman–Crippen MR) is 67.7 cm³/mol. The fourth-order valence-corrected chi connectivity index (χ4v) is 1.54. The molecule has 1 aromatic carbocycles. The number of anilines is 1. The second-order valence-electron chi connectivity index (χ2n) is 3.75. The van der Waals surface area contributed by atoms with E-state index in [-0.39, 0.29) is 11.7 Å². The first kappa shape index (κ1) is 13.7. The van der Waals surface area contributed by atoms with Crippen LogP contribution in [0.1, 0.15) is 13.3 Å². The molecule has 1 atom stereocenters. The zero-order valence-corrected chi connectivity index (χ0v) is 10.5. The SMILES string of the molecule is COCCC(C)Nc1cc([N+](=O)[O-])ccc1Cl. The van der Waals surface area contributed by atoms with Crippen molar-refractivity contribution in [2.75, 3.05) is 19.0 Å². The van der Waals surface area contributed by atoms with Crippen molar-refractivity contribution in [1.29, 1.82) is 0 Å². The van der Waals surface area contributed by atoms with Crippen LogP contribution in [0.15, 0.2) is 18.2 Å². The Morgan fingerprint density at radius 1 is 1.59 bits per heavy atom. The normalized spacial score (nSPS) is 12.2. The van der Waals surface area contributed by atoms with Crippen LogP contribution < -0.4 is 5.32 Å². The second kappa shape index (κ2) is 6.42. The molecule has 6 heteroatoms. The number of benzene rings is 1. The van der Waals surface area contributed by atoms with E-state index in [1.165, 1.54) is 18.2 Å². The Balaban J connectivity index is 2.75. The molecular formula is C11H15ClN2O3. The van der Waals surface area contributed by atoms with Crippen LogP contribution in [0.3, 0.4) is 0 Å². The van der Waals surface area contributed by atoms with Gasteiger partial charge in [0.2, 0.25) is 0 Å². The lowest BCUT2D eigenvalue weighted by Gasteiger charge is -2.15. The number of halogens is 1. The highest BCUT2D eigenvalue weighted by Gasteiger charge is 2.11. The average Bonchev–Trinajstić information content (AvgIpc) is 2.29. The van der Waals surface area contributed by atoms with E-state index in [1.54, 1.807) is 7.11 Å². The molecule has 94 valence electrons. The van der Waals surface area contributed by atoms with Crippen LogP contribution in [0.5, 0.6) is 0 Å². The van der Waals surface area contributed by atoms with Crippen LogP contribution in [0.25, 0.3) is 0 Å². The van der Waals surface area contributed by atoms with Gasteiger partial charge in [-0.1, -0.05) is 11.6 Å². The molecular weight excluding hydrogens is 244 g/mol. The number of ether oxygens (including phenoxy) is 1. The maximum Gasteiger partial charge on any atom is 0.271 e. The number of non-ortho nitro benzene ring substituents is 1. The second-order valence-corrected chi connectivity index (χ2v) is 4.16. The standard InChI is InChI=1S/C11H15ClN2O3/c1-8(5-6-17-2)13-11-7-9(14(15)16)3-4-10(11)12/h3-4,7-8,13H,5-6H2,1-2H3. The molecule has 1 unspecified atom stereocenters. The molecule has 0 aliphatic carbocycles. The zero-order chi connectivity index (χ0) is 12.8. The van der Waals surface area contributed by atoms with E-state index in [4.69, 9.17) is 16.3 Å². The molecule has 0 aliphatic heterocycles. The number of nitro benzene ring substituents is 1. The van der Waals surface area contributed by atoms with Gasteiger partial charge < -0.3 is 10.1 Å². The van der Waals surface area contributed by atoms with Crippen LogP contribution in [-0.2, 0) is 4.74 Å². The number of rotatable bonds is 6. The van der Waals surface area contributed by atoms with Crippen LogP contribution in [-0.4, -0.2) is 24.7 Å². The summed E-state index contributed by atoms with van der Waals surface area (Å²) in [4.78, 5) is 10.2. The van der Waals surface area contributed by atoms with Crippen molar-refractivity contribution in [3.63, 3.8) is 0 Å². The predicted octanol–water partition coefficient (Wildman–Crippen LogP) is 3.09. The van der Waals surface area contributed by atoms with Crippen LogP contribution in [0.4, 0.5) is 11.4 Å². The Hall–Kier alpha value is -1.33. The first-order valence-electron chi connectivity index (χ1n) is 5.24. The number of nitro groups is 1. The van der Waals surface area contributed by atoms with Gasteiger partial charge in [-0.3, -0.25) is 10.1 Å². The molecule has 0 saturated heterocycles. The van der Waals surface area contributed by atoms with Crippen molar-refractivity contribution < 1.29 is 9.66 Å². The minimum Gasteiger partial charge on any atom is -0.385 e. The third-order valence-corrected chi connectivity index (χ3v) is 2.65. The number of hydrogen-bond acceptors (Lipinski definition) is 4. The Morgan fingerprint density at radius 3 is 2.88 bits per heavy atom. The Labute approximate surface area is 105 Å². The van der Waals surface area contributed by atoms with E-state index in [1.807, 2.05) is 6.92 Å². The summed E-state index contributed by atoms with van der Waals surface area (Å²) in [7, 11) is 1.63. The number of nitrogens with one attached hydrogen (secondary N) is 1. The van der Waals surface area contributed by atoms with Gasteiger partial charge in [-0.05, 0) is 19.4 Å². The van der Waals surface area contributed by atoms with Crippen LogP contribution in [0.2, 0.25) is 5.02 Å². The molecule has 0 amide bonds. The average molecular weight is 259 g/mol. The summed E-state index contributed by atoms with van der Waals surface area (Å²) in [5.41, 5.74) is 0.598. The van der Waals surface area contributed by atoms with Crippen molar-refractivity contribution >= 4 is 23.0 Å². The van der Waals surface area contributed by atoms with Gasteiger partial charge in [0.15, 0.2) is 0 Å². The number of hydrogen-bond donors (Lipinski definition) is 1. The third kappa shape index (κ3) is 4.20. The van der Waals surface area contributed by atoms with Gasteiger partial charge >= 0.3 is 0 Å². The van der Waals surface area contributed by atoms with Gasteiger partial charge in [-0.2, -0.15) is 0 Å². The van der Waals surface area contributed by atoms with Gasteiger partial charge in [0.1, 0.15) is 0 Å². The fourth-order valence-electron chi connectivity index (χ4n) is 1.37. The first-order chi connectivity index (χ1) is 8.04. The molecule has 0 aromatic heterocycles.